The second-order valence-electron chi connectivity index (χ2n) is 5.52. The van der Waals surface area contributed by atoms with Crippen LogP contribution < -0.4 is 10.0 Å². The van der Waals surface area contributed by atoms with Crippen LogP contribution in [0.2, 0.25) is 0 Å². The van der Waals surface area contributed by atoms with Crippen LogP contribution in [0.1, 0.15) is 38.2 Å². The van der Waals surface area contributed by atoms with Gasteiger partial charge in [0.1, 0.15) is 0 Å². The molecule has 2 N–H and O–H groups in total. The molecule has 6 heteroatoms. The first-order valence-electron chi connectivity index (χ1n) is 7.15. The molecule has 1 aromatic rings. The SMILES string of the molecule is CNCc1ccc(S(=O)(=O)NC2CCCCC2C)nc1. The summed E-state index contributed by atoms with van der Waals surface area (Å²) in [6.07, 6.45) is 5.89. The lowest BCUT2D eigenvalue weighted by atomic mass is 9.87. The number of hydrogen-bond donors (Lipinski definition) is 2. The monoisotopic (exact) mass is 297 g/mol. The highest BCUT2D eigenvalue weighted by molar-refractivity contribution is 7.89. The molecule has 2 rings (SSSR count). The number of nitrogens with zero attached hydrogens (tertiary/aromatic N) is 1. The van der Waals surface area contributed by atoms with Crippen molar-refractivity contribution < 1.29 is 8.42 Å². The largest absolute Gasteiger partial charge is 0.316 e. The highest BCUT2D eigenvalue weighted by Crippen LogP contribution is 2.25. The molecule has 0 radical (unpaired) electrons. The van der Waals surface area contributed by atoms with E-state index >= 15 is 0 Å². The first kappa shape index (κ1) is 15.4. The summed E-state index contributed by atoms with van der Waals surface area (Å²) in [7, 11) is -1.66. The third-order valence-electron chi connectivity index (χ3n) is 3.87. The number of hydrogen-bond acceptors (Lipinski definition) is 4. The molecule has 1 aliphatic carbocycles. The first-order chi connectivity index (χ1) is 9.53. The summed E-state index contributed by atoms with van der Waals surface area (Å²) < 4.78 is 27.5. The van der Waals surface area contributed by atoms with Gasteiger partial charge in [0.05, 0.1) is 0 Å². The summed E-state index contributed by atoms with van der Waals surface area (Å²) in [4.78, 5) is 4.07. The summed E-state index contributed by atoms with van der Waals surface area (Å²) in [5, 5.41) is 3.12. The Balaban J connectivity index is 2.09. The molecule has 0 amide bonds. The molecule has 0 aliphatic heterocycles. The van der Waals surface area contributed by atoms with Crippen LogP contribution in [0, 0.1) is 5.92 Å². The minimum absolute atomic E-state index is 0.0348. The van der Waals surface area contributed by atoms with Crippen LogP contribution in [0.25, 0.3) is 0 Å². The molecule has 1 saturated carbocycles. The molecule has 2 unspecified atom stereocenters. The van der Waals surface area contributed by atoms with Crippen molar-refractivity contribution in [3.63, 3.8) is 0 Å². The van der Waals surface area contributed by atoms with Crippen molar-refractivity contribution >= 4 is 10.0 Å². The fraction of sp³-hybridized carbons (Fsp3) is 0.643. The Morgan fingerprint density at radius 1 is 1.30 bits per heavy atom. The van der Waals surface area contributed by atoms with E-state index in [4.69, 9.17) is 0 Å². The molecule has 5 nitrogen and oxygen atoms in total. The van der Waals surface area contributed by atoms with Crippen LogP contribution in [0.5, 0.6) is 0 Å². The van der Waals surface area contributed by atoms with Gasteiger partial charge >= 0.3 is 0 Å². The van der Waals surface area contributed by atoms with Crippen molar-refractivity contribution in [2.45, 2.75) is 50.2 Å². The number of nitrogens with one attached hydrogen (secondary N) is 2. The first-order valence-corrected chi connectivity index (χ1v) is 8.63. The van der Waals surface area contributed by atoms with E-state index in [0.29, 0.717) is 12.5 Å². The Labute approximate surface area is 121 Å². The Morgan fingerprint density at radius 3 is 2.65 bits per heavy atom. The molecule has 0 aromatic carbocycles. The van der Waals surface area contributed by atoms with Crippen LogP contribution in [0.4, 0.5) is 0 Å². The van der Waals surface area contributed by atoms with Gasteiger partial charge in [-0.15, -0.1) is 0 Å². The Morgan fingerprint density at radius 2 is 2.05 bits per heavy atom. The molecule has 0 bridgehead atoms. The summed E-state index contributed by atoms with van der Waals surface area (Å²) in [6, 6.07) is 3.40. The van der Waals surface area contributed by atoms with Crippen LogP contribution >= 0.6 is 0 Å². The van der Waals surface area contributed by atoms with Crippen LogP contribution in [0.3, 0.4) is 0 Å². The van der Waals surface area contributed by atoms with Gasteiger partial charge in [-0.05, 0) is 37.4 Å². The summed E-state index contributed by atoms with van der Waals surface area (Å²) in [5.41, 5.74) is 0.970. The smallest absolute Gasteiger partial charge is 0.258 e. The second-order valence-corrected chi connectivity index (χ2v) is 7.19. The third-order valence-corrected chi connectivity index (χ3v) is 5.28. The molecule has 1 aliphatic rings. The van der Waals surface area contributed by atoms with Gasteiger partial charge in [0.15, 0.2) is 5.03 Å². The van der Waals surface area contributed by atoms with Gasteiger partial charge in [0.25, 0.3) is 10.0 Å². The van der Waals surface area contributed by atoms with Crippen molar-refractivity contribution in [2.24, 2.45) is 5.92 Å². The number of sulfonamides is 1. The summed E-state index contributed by atoms with van der Waals surface area (Å²) in [5.74, 6) is 0.391. The van der Waals surface area contributed by atoms with E-state index in [0.717, 1.165) is 24.8 Å². The predicted molar refractivity (Wildman–Crippen MR) is 78.7 cm³/mol. The Bertz CT molecular complexity index is 528. The molecule has 0 saturated heterocycles. The molecular weight excluding hydrogens is 274 g/mol. The Hall–Kier alpha value is -0.980. The maximum absolute atomic E-state index is 12.3. The van der Waals surface area contributed by atoms with E-state index in [1.807, 2.05) is 7.05 Å². The minimum Gasteiger partial charge on any atom is -0.316 e. The topological polar surface area (TPSA) is 71.1 Å². The normalized spacial score (nSPS) is 23.7. The van der Waals surface area contributed by atoms with Crippen molar-refractivity contribution in [2.75, 3.05) is 7.05 Å². The summed E-state index contributed by atoms with van der Waals surface area (Å²) >= 11 is 0. The van der Waals surface area contributed by atoms with Gasteiger partial charge < -0.3 is 5.32 Å². The van der Waals surface area contributed by atoms with Gasteiger partial charge in [-0.2, -0.15) is 0 Å². The van der Waals surface area contributed by atoms with E-state index in [-0.39, 0.29) is 11.1 Å². The molecule has 1 heterocycles. The van der Waals surface area contributed by atoms with Crippen molar-refractivity contribution in [3.05, 3.63) is 23.9 Å². The van der Waals surface area contributed by atoms with E-state index in [1.54, 1.807) is 18.3 Å². The van der Waals surface area contributed by atoms with E-state index in [1.165, 1.54) is 6.42 Å². The molecule has 1 fully saturated rings. The average Bonchev–Trinajstić information content (AvgIpc) is 2.42. The lowest BCUT2D eigenvalue weighted by Gasteiger charge is -2.29. The van der Waals surface area contributed by atoms with E-state index in [2.05, 4.69) is 21.9 Å². The molecule has 112 valence electrons. The number of pyridine rings is 1. The second kappa shape index (κ2) is 6.65. The van der Waals surface area contributed by atoms with Crippen LogP contribution in [-0.2, 0) is 16.6 Å². The lowest BCUT2D eigenvalue weighted by Crippen LogP contribution is -2.41. The number of rotatable bonds is 5. The quantitative estimate of drug-likeness (QED) is 0.867. The minimum atomic E-state index is -3.51. The van der Waals surface area contributed by atoms with E-state index < -0.39 is 10.0 Å². The molecular formula is C14H23N3O2S. The highest BCUT2D eigenvalue weighted by atomic mass is 32.2. The number of aromatic nitrogens is 1. The van der Waals surface area contributed by atoms with Crippen LogP contribution in [-0.4, -0.2) is 26.5 Å². The van der Waals surface area contributed by atoms with Gasteiger partial charge in [-0.1, -0.05) is 25.8 Å². The Kier molecular flexibility index (Phi) is 5.12. The lowest BCUT2D eigenvalue weighted by molar-refractivity contribution is 0.310. The zero-order valence-electron chi connectivity index (χ0n) is 12.1. The highest BCUT2D eigenvalue weighted by Gasteiger charge is 2.27. The molecule has 0 spiro atoms. The molecule has 1 aromatic heterocycles. The fourth-order valence-corrected chi connectivity index (χ4v) is 3.94. The van der Waals surface area contributed by atoms with Gasteiger partial charge in [-0.3, -0.25) is 0 Å². The van der Waals surface area contributed by atoms with Crippen molar-refractivity contribution in [3.8, 4) is 0 Å². The average molecular weight is 297 g/mol. The third kappa shape index (κ3) is 3.77. The maximum Gasteiger partial charge on any atom is 0.258 e. The predicted octanol–water partition coefficient (Wildman–Crippen LogP) is 1.66. The van der Waals surface area contributed by atoms with Crippen LogP contribution in [0.15, 0.2) is 23.4 Å². The van der Waals surface area contributed by atoms with Gasteiger partial charge in [0.2, 0.25) is 0 Å². The van der Waals surface area contributed by atoms with Gasteiger partial charge in [-0.25, -0.2) is 18.1 Å². The van der Waals surface area contributed by atoms with Crippen molar-refractivity contribution in [1.29, 1.82) is 0 Å². The maximum atomic E-state index is 12.3. The van der Waals surface area contributed by atoms with E-state index in [9.17, 15) is 8.42 Å². The molecule has 20 heavy (non-hydrogen) atoms. The standard InChI is InChI=1S/C14H23N3O2S/c1-11-5-3-4-6-13(11)17-20(18,19)14-8-7-12(9-15-2)10-16-14/h7-8,10-11,13,15,17H,3-6,9H2,1-2H3. The molecule has 2 atom stereocenters. The zero-order chi connectivity index (χ0) is 14.6. The van der Waals surface area contributed by atoms with Gasteiger partial charge in [0, 0.05) is 18.8 Å². The summed E-state index contributed by atoms with van der Waals surface area (Å²) in [6.45, 7) is 2.79. The fourth-order valence-electron chi connectivity index (χ4n) is 2.63. The zero-order valence-corrected chi connectivity index (χ0v) is 12.9. The van der Waals surface area contributed by atoms with Crippen molar-refractivity contribution in [1.82, 2.24) is 15.0 Å².